The summed E-state index contributed by atoms with van der Waals surface area (Å²) in [5.41, 5.74) is 28.6. The number of nitrogens with zero attached hydrogens (tertiary/aromatic N) is 1. The molecule has 0 N–H and O–H groups in total. The van der Waals surface area contributed by atoms with Crippen LogP contribution in [0.1, 0.15) is 49.9 Å². The zero-order valence-corrected chi connectivity index (χ0v) is 41.8. The molecule has 1 heteroatoms. The van der Waals surface area contributed by atoms with Crippen LogP contribution in [0.2, 0.25) is 0 Å². The van der Waals surface area contributed by atoms with Gasteiger partial charge in [0.25, 0.3) is 0 Å². The number of fused-ring (bicyclic) bond motifs is 6. The third-order valence-electron chi connectivity index (χ3n) is 15.9. The summed E-state index contributed by atoms with van der Waals surface area (Å²) in [6, 6.07) is 96.3. The van der Waals surface area contributed by atoms with Crippen molar-refractivity contribution in [1.29, 1.82) is 0 Å². The summed E-state index contributed by atoms with van der Waals surface area (Å²) >= 11 is 0. The van der Waals surface area contributed by atoms with Crippen LogP contribution in [0.5, 0.6) is 0 Å². The zero-order valence-electron chi connectivity index (χ0n) is 41.8. The Hall–Kier alpha value is -8.78. The summed E-state index contributed by atoms with van der Waals surface area (Å²) in [5.74, 6) is 0. The molecule has 0 amide bonds. The minimum Gasteiger partial charge on any atom is -0.311 e. The first kappa shape index (κ1) is 44.2. The van der Waals surface area contributed by atoms with Crippen molar-refractivity contribution in [2.45, 2.75) is 38.5 Å². The Morgan fingerprint density at radius 2 is 0.575 bits per heavy atom. The predicted octanol–water partition coefficient (Wildman–Crippen LogP) is 19.8. The van der Waals surface area contributed by atoms with Crippen molar-refractivity contribution in [3.8, 4) is 89.0 Å². The Morgan fingerprint density at radius 1 is 0.219 bits per heavy atom. The highest BCUT2D eigenvalue weighted by Gasteiger charge is 2.38. The minimum atomic E-state index is -0.121. The molecule has 2 aliphatic carbocycles. The Morgan fingerprint density at radius 3 is 1.15 bits per heavy atom. The van der Waals surface area contributed by atoms with E-state index < -0.39 is 0 Å². The molecule has 73 heavy (non-hydrogen) atoms. The fraction of sp³-hybridized carbons (Fsp3) is 0.0833. The first-order valence-electron chi connectivity index (χ1n) is 25.7. The first-order chi connectivity index (χ1) is 35.7. The van der Waals surface area contributed by atoms with Crippen LogP contribution in [0, 0.1) is 0 Å². The maximum Gasteiger partial charge on any atom is 0.0462 e. The molecule has 0 aliphatic heterocycles. The average Bonchev–Trinajstić information content (AvgIpc) is 3.83. The van der Waals surface area contributed by atoms with E-state index in [0.717, 1.165) is 17.1 Å². The number of hydrogen-bond acceptors (Lipinski definition) is 1. The molecular weight excluding hydrogens is 879 g/mol. The van der Waals surface area contributed by atoms with E-state index in [0.29, 0.717) is 0 Å². The summed E-state index contributed by atoms with van der Waals surface area (Å²) in [7, 11) is 0. The largest absolute Gasteiger partial charge is 0.311 e. The summed E-state index contributed by atoms with van der Waals surface area (Å²) in [5, 5.41) is 0. The number of rotatable bonds is 9. The lowest BCUT2D eigenvalue weighted by molar-refractivity contribution is 0.660. The van der Waals surface area contributed by atoms with E-state index >= 15 is 0 Å². The fourth-order valence-corrected chi connectivity index (χ4v) is 12.2. The van der Waals surface area contributed by atoms with Gasteiger partial charge in [0.15, 0.2) is 0 Å². The van der Waals surface area contributed by atoms with Gasteiger partial charge in [0.05, 0.1) is 0 Å². The van der Waals surface area contributed by atoms with Crippen molar-refractivity contribution in [2.24, 2.45) is 0 Å². The van der Waals surface area contributed by atoms with Crippen LogP contribution in [0.4, 0.5) is 17.1 Å². The molecule has 0 heterocycles. The number of anilines is 3. The van der Waals surface area contributed by atoms with Crippen molar-refractivity contribution in [2.75, 3.05) is 4.90 Å². The van der Waals surface area contributed by atoms with Crippen molar-refractivity contribution >= 4 is 17.1 Å². The molecule has 0 radical (unpaired) electrons. The van der Waals surface area contributed by atoms with Gasteiger partial charge in [0.2, 0.25) is 0 Å². The van der Waals surface area contributed by atoms with Gasteiger partial charge in [-0.1, -0.05) is 240 Å². The SMILES string of the molecule is CC1(C)c2ccccc2-c2ccc(-c3ccc(N(c4ccc(-c5ccc(-c6ccccc6)c(-c6ccccc6)c5)cc4)c4ccc(-c5ccccc5-c5cccc6c5C(C)(C)c5ccccc5-6)cc4)cc3)cc21. The lowest BCUT2D eigenvalue weighted by atomic mass is 9.78. The van der Waals surface area contributed by atoms with Crippen LogP contribution < -0.4 is 4.90 Å². The molecule has 348 valence electrons. The molecule has 0 saturated carbocycles. The summed E-state index contributed by atoms with van der Waals surface area (Å²) < 4.78 is 0. The molecule has 0 unspecified atom stereocenters. The minimum absolute atomic E-state index is 0.0614. The molecule has 0 atom stereocenters. The molecule has 13 rings (SSSR count). The molecular formula is C72H55N. The average molecular weight is 934 g/mol. The van der Waals surface area contributed by atoms with E-state index in [1.165, 1.54) is 111 Å². The van der Waals surface area contributed by atoms with Gasteiger partial charge < -0.3 is 4.90 Å². The van der Waals surface area contributed by atoms with Crippen LogP contribution in [0.3, 0.4) is 0 Å². The second-order valence-corrected chi connectivity index (χ2v) is 20.8. The van der Waals surface area contributed by atoms with E-state index in [-0.39, 0.29) is 10.8 Å². The van der Waals surface area contributed by atoms with Crippen LogP contribution in [-0.2, 0) is 10.8 Å². The monoisotopic (exact) mass is 933 g/mol. The highest BCUT2D eigenvalue weighted by Crippen LogP contribution is 2.54. The lowest BCUT2D eigenvalue weighted by Gasteiger charge is -2.27. The van der Waals surface area contributed by atoms with Crippen molar-refractivity contribution in [3.05, 3.63) is 283 Å². The zero-order chi connectivity index (χ0) is 49.3. The van der Waals surface area contributed by atoms with Gasteiger partial charge in [0, 0.05) is 27.9 Å². The maximum absolute atomic E-state index is 2.41. The first-order valence-corrected chi connectivity index (χ1v) is 25.7. The molecule has 11 aromatic rings. The molecule has 0 saturated heterocycles. The summed E-state index contributed by atoms with van der Waals surface area (Å²) in [6.45, 7) is 9.46. The van der Waals surface area contributed by atoms with Gasteiger partial charge in [-0.2, -0.15) is 0 Å². The lowest BCUT2D eigenvalue weighted by Crippen LogP contribution is -2.16. The Bertz CT molecular complexity index is 3860. The Labute approximate surface area is 430 Å². The molecule has 0 bridgehead atoms. The van der Waals surface area contributed by atoms with Gasteiger partial charge >= 0.3 is 0 Å². The van der Waals surface area contributed by atoms with Crippen molar-refractivity contribution in [3.63, 3.8) is 0 Å². The second kappa shape index (κ2) is 17.5. The van der Waals surface area contributed by atoms with Gasteiger partial charge in [0.1, 0.15) is 0 Å². The van der Waals surface area contributed by atoms with Gasteiger partial charge in [-0.3, -0.25) is 0 Å². The molecule has 0 fully saturated rings. The van der Waals surface area contributed by atoms with Crippen LogP contribution in [0.15, 0.2) is 261 Å². The van der Waals surface area contributed by atoms with Crippen LogP contribution in [-0.4, -0.2) is 0 Å². The predicted molar refractivity (Wildman–Crippen MR) is 309 cm³/mol. The Balaban J connectivity index is 0.881. The van der Waals surface area contributed by atoms with Gasteiger partial charge in [-0.05, 0) is 160 Å². The molecule has 2 aliphatic rings. The third kappa shape index (κ3) is 7.46. The normalized spacial score (nSPS) is 13.4. The molecule has 1 nitrogen and oxygen atoms in total. The number of benzene rings is 11. The van der Waals surface area contributed by atoms with E-state index in [4.69, 9.17) is 0 Å². The van der Waals surface area contributed by atoms with E-state index in [2.05, 4.69) is 293 Å². The van der Waals surface area contributed by atoms with Crippen molar-refractivity contribution in [1.82, 2.24) is 0 Å². The van der Waals surface area contributed by atoms with Crippen molar-refractivity contribution < 1.29 is 0 Å². The van der Waals surface area contributed by atoms with Crippen LogP contribution in [0.25, 0.3) is 89.0 Å². The quantitative estimate of drug-likeness (QED) is 0.139. The topological polar surface area (TPSA) is 3.24 Å². The molecule has 0 spiro atoms. The maximum atomic E-state index is 2.41. The highest BCUT2D eigenvalue weighted by atomic mass is 15.1. The summed E-state index contributed by atoms with van der Waals surface area (Å²) in [6.07, 6.45) is 0. The summed E-state index contributed by atoms with van der Waals surface area (Å²) in [4.78, 5) is 2.39. The standard InChI is InChI=1S/C72H55N/c1-71(2)67-28-15-13-24-61(67)63-45-37-54(47-69(63)71)49-32-40-56(41-33-49)73(55-38-30-48(31-39-55)53-36-44-59(50-18-7-5-8-19-50)66(46-53)51-20-9-6-10-21-51)57-42-34-52(35-43-57)58-22-11-12-23-60(58)64-26-17-27-65-62-25-14-16-29-68(62)72(3,4)70(64)65/h5-47H,1-4H3. The fourth-order valence-electron chi connectivity index (χ4n) is 12.2. The van der Waals surface area contributed by atoms with Gasteiger partial charge in [-0.25, -0.2) is 0 Å². The molecule has 11 aromatic carbocycles. The third-order valence-corrected chi connectivity index (χ3v) is 15.9. The van der Waals surface area contributed by atoms with E-state index in [9.17, 15) is 0 Å². The van der Waals surface area contributed by atoms with Crippen LogP contribution >= 0.6 is 0 Å². The Kier molecular flexibility index (Phi) is 10.6. The van der Waals surface area contributed by atoms with Gasteiger partial charge in [-0.15, -0.1) is 0 Å². The smallest absolute Gasteiger partial charge is 0.0462 e. The van der Waals surface area contributed by atoms with E-state index in [1.807, 2.05) is 0 Å². The number of hydrogen-bond donors (Lipinski definition) is 0. The highest BCUT2D eigenvalue weighted by molar-refractivity contribution is 5.94. The second-order valence-electron chi connectivity index (χ2n) is 20.8. The molecule has 0 aromatic heterocycles. The van der Waals surface area contributed by atoms with E-state index in [1.54, 1.807) is 0 Å².